The van der Waals surface area contributed by atoms with Gasteiger partial charge in [-0.3, -0.25) is 4.79 Å². The number of carboxylic acid groups (broad SMARTS) is 1. The van der Waals surface area contributed by atoms with E-state index in [4.69, 9.17) is 5.11 Å². The minimum absolute atomic E-state index is 0.246. The van der Waals surface area contributed by atoms with Crippen molar-refractivity contribution >= 4 is 23.2 Å². The Labute approximate surface area is 109 Å². The number of hydrogen-bond donors (Lipinski definition) is 1. The van der Waals surface area contributed by atoms with Gasteiger partial charge in [0.15, 0.2) is 0 Å². The molecule has 0 aromatic carbocycles. The number of carbonyl (C=O) groups excluding carboxylic acids is 1. The van der Waals surface area contributed by atoms with Gasteiger partial charge in [-0.15, -0.1) is 11.3 Å². The van der Waals surface area contributed by atoms with Gasteiger partial charge in [0, 0.05) is 11.4 Å². The molecule has 0 aliphatic carbocycles. The standard InChI is InChI=1S/C12H16N2O3S/c1-7-10(13-8(2)18-7)11(15)14-6-4-3-5-9(14)12(16)17/h9H,3-6H2,1-2H3,(H,16,17). The fraction of sp³-hybridized carbons (Fsp3) is 0.583. The van der Waals surface area contributed by atoms with Gasteiger partial charge >= 0.3 is 5.97 Å². The van der Waals surface area contributed by atoms with E-state index in [9.17, 15) is 9.59 Å². The summed E-state index contributed by atoms with van der Waals surface area (Å²) in [4.78, 5) is 30.1. The highest BCUT2D eigenvalue weighted by molar-refractivity contribution is 7.11. The van der Waals surface area contributed by atoms with Crippen LogP contribution in [0.1, 0.15) is 39.6 Å². The van der Waals surface area contributed by atoms with Crippen LogP contribution < -0.4 is 0 Å². The summed E-state index contributed by atoms with van der Waals surface area (Å²) in [7, 11) is 0. The van der Waals surface area contributed by atoms with E-state index in [1.165, 1.54) is 16.2 Å². The third-order valence-corrected chi connectivity index (χ3v) is 4.04. The van der Waals surface area contributed by atoms with Gasteiger partial charge in [0.1, 0.15) is 11.7 Å². The fourth-order valence-corrected chi connectivity index (χ4v) is 3.10. The van der Waals surface area contributed by atoms with E-state index < -0.39 is 12.0 Å². The van der Waals surface area contributed by atoms with Crippen LogP contribution in [-0.4, -0.2) is 39.5 Å². The first-order valence-electron chi connectivity index (χ1n) is 5.98. The molecular formula is C12H16N2O3S. The topological polar surface area (TPSA) is 70.5 Å². The molecule has 0 spiro atoms. The molecule has 1 aromatic rings. The van der Waals surface area contributed by atoms with Crippen LogP contribution in [0.3, 0.4) is 0 Å². The summed E-state index contributed by atoms with van der Waals surface area (Å²) in [6.07, 6.45) is 2.25. The van der Waals surface area contributed by atoms with Crippen LogP contribution in [0.15, 0.2) is 0 Å². The molecule has 98 valence electrons. The number of piperidine rings is 1. The third kappa shape index (κ3) is 2.38. The van der Waals surface area contributed by atoms with Crippen molar-refractivity contribution in [2.75, 3.05) is 6.54 Å². The molecule has 6 heteroatoms. The van der Waals surface area contributed by atoms with E-state index >= 15 is 0 Å². The second kappa shape index (κ2) is 5.06. The van der Waals surface area contributed by atoms with Crippen molar-refractivity contribution in [1.82, 2.24) is 9.88 Å². The van der Waals surface area contributed by atoms with Gasteiger partial charge in [0.2, 0.25) is 0 Å². The molecule has 5 nitrogen and oxygen atoms in total. The summed E-state index contributed by atoms with van der Waals surface area (Å²) in [6, 6.07) is -0.701. The number of hydrogen-bond acceptors (Lipinski definition) is 4. The highest BCUT2D eigenvalue weighted by Gasteiger charge is 2.33. The van der Waals surface area contributed by atoms with Crippen LogP contribution >= 0.6 is 11.3 Å². The minimum Gasteiger partial charge on any atom is -0.480 e. The average molecular weight is 268 g/mol. The summed E-state index contributed by atoms with van der Waals surface area (Å²) in [5, 5.41) is 10.0. The van der Waals surface area contributed by atoms with E-state index in [1.54, 1.807) is 0 Å². The van der Waals surface area contributed by atoms with Gasteiger partial charge in [-0.1, -0.05) is 0 Å². The number of carbonyl (C=O) groups is 2. The first kappa shape index (κ1) is 13.0. The SMILES string of the molecule is Cc1nc(C(=O)N2CCCCC2C(=O)O)c(C)s1. The lowest BCUT2D eigenvalue weighted by Gasteiger charge is -2.32. The van der Waals surface area contributed by atoms with Gasteiger partial charge in [0.05, 0.1) is 5.01 Å². The Morgan fingerprint density at radius 3 is 2.67 bits per heavy atom. The number of likely N-dealkylation sites (tertiary alicyclic amines) is 1. The molecule has 1 fully saturated rings. The summed E-state index contributed by atoms with van der Waals surface area (Å²) in [5.74, 6) is -1.17. The molecule has 1 saturated heterocycles. The second-order valence-corrected chi connectivity index (χ2v) is 5.89. The van der Waals surface area contributed by atoms with Crippen LogP contribution in [0.4, 0.5) is 0 Å². The first-order valence-corrected chi connectivity index (χ1v) is 6.80. The maximum atomic E-state index is 12.4. The summed E-state index contributed by atoms with van der Waals surface area (Å²) in [6.45, 7) is 4.20. The molecule has 1 aromatic heterocycles. The monoisotopic (exact) mass is 268 g/mol. The predicted octanol–water partition coefficient (Wildman–Crippen LogP) is 1.84. The molecule has 2 heterocycles. The van der Waals surface area contributed by atoms with Gasteiger partial charge < -0.3 is 10.0 Å². The van der Waals surface area contributed by atoms with Crippen LogP contribution in [0, 0.1) is 13.8 Å². The van der Waals surface area contributed by atoms with E-state index in [2.05, 4.69) is 4.98 Å². The number of amides is 1. The molecule has 18 heavy (non-hydrogen) atoms. The molecule has 0 bridgehead atoms. The lowest BCUT2D eigenvalue weighted by molar-refractivity contribution is -0.143. The Balaban J connectivity index is 2.26. The number of thiazole rings is 1. The Kier molecular flexibility index (Phi) is 3.65. The maximum absolute atomic E-state index is 12.4. The van der Waals surface area contributed by atoms with E-state index in [-0.39, 0.29) is 5.91 Å². The zero-order valence-electron chi connectivity index (χ0n) is 10.5. The quantitative estimate of drug-likeness (QED) is 0.888. The van der Waals surface area contributed by atoms with E-state index in [0.717, 1.165) is 22.7 Å². The summed E-state index contributed by atoms with van der Waals surface area (Å²) in [5.41, 5.74) is 0.408. The van der Waals surface area contributed by atoms with E-state index in [1.807, 2.05) is 13.8 Å². The van der Waals surface area contributed by atoms with Crippen LogP contribution in [0.25, 0.3) is 0 Å². The van der Waals surface area contributed by atoms with Crippen molar-refractivity contribution in [2.24, 2.45) is 0 Å². The zero-order valence-corrected chi connectivity index (χ0v) is 11.3. The third-order valence-electron chi connectivity index (χ3n) is 3.15. The number of rotatable bonds is 2. The minimum atomic E-state index is -0.923. The Hall–Kier alpha value is -1.43. The molecule has 1 unspecified atom stereocenters. The molecule has 1 aliphatic rings. The van der Waals surface area contributed by atoms with Crippen molar-refractivity contribution in [1.29, 1.82) is 0 Å². The molecule has 0 radical (unpaired) electrons. The molecule has 1 amide bonds. The lowest BCUT2D eigenvalue weighted by atomic mass is 10.0. The highest BCUT2D eigenvalue weighted by Crippen LogP contribution is 2.23. The molecular weight excluding hydrogens is 252 g/mol. The number of nitrogens with zero attached hydrogens (tertiary/aromatic N) is 2. The van der Waals surface area contributed by atoms with Crippen LogP contribution in [0.5, 0.6) is 0 Å². The summed E-state index contributed by atoms with van der Waals surface area (Å²) < 4.78 is 0. The van der Waals surface area contributed by atoms with Crippen molar-refractivity contribution in [3.8, 4) is 0 Å². The number of carboxylic acids is 1. The normalized spacial score (nSPS) is 19.9. The fourth-order valence-electron chi connectivity index (χ4n) is 2.29. The molecule has 1 aliphatic heterocycles. The number of aromatic nitrogens is 1. The van der Waals surface area contributed by atoms with Gasteiger partial charge in [-0.2, -0.15) is 0 Å². The second-order valence-electron chi connectivity index (χ2n) is 4.49. The number of aryl methyl sites for hydroxylation is 2. The Morgan fingerprint density at radius 1 is 1.39 bits per heavy atom. The van der Waals surface area contributed by atoms with Crippen molar-refractivity contribution in [2.45, 2.75) is 39.2 Å². The Bertz CT molecular complexity index is 484. The van der Waals surface area contributed by atoms with Gasteiger partial charge in [0.25, 0.3) is 5.91 Å². The smallest absolute Gasteiger partial charge is 0.326 e. The van der Waals surface area contributed by atoms with Crippen molar-refractivity contribution in [3.05, 3.63) is 15.6 Å². The zero-order chi connectivity index (χ0) is 13.3. The molecule has 0 saturated carbocycles. The molecule has 1 atom stereocenters. The summed E-state index contributed by atoms with van der Waals surface area (Å²) >= 11 is 1.47. The van der Waals surface area contributed by atoms with Crippen LogP contribution in [-0.2, 0) is 4.79 Å². The molecule has 1 N–H and O–H groups in total. The predicted molar refractivity (Wildman–Crippen MR) is 67.9 cm³/mol. The maximum Gasteiger partial charge on any atom is 0.326 e. The highest BCUT2D eigenvalue weighted by atomic mass is 32.1. The largest absolute Gasteiger partial charge is 0.480 e. The van der Waals surface area contributed by atoms with E-state index in [0.29, 0.717) is 18.7 Å². The number of aliphatic carboxylic acids is 1. The molecule has 2 rings (SSSR count). The average Bonchev–Trinajstić information content (AvgIpc) is 2.67. The first-order chi connectivity index (χ1) is 8.50. The van der Waals surface area contributed by atoms with Crippen molar-refractivity contribution in [3.63, 3.8) is 0 Å². The Morgan fingerprint density at radius 2 is 2.11 bits per heavy atom. The van der Waals surface area contributed by atoms with Crippen molar-refractivity contribution < 1.29 is 14.7 Å². The lowest BCUT2D eigenvalue weighted by Crippen LogP contribution is -2.48. The van der Waals surface area contributed by atoms with Gasteiger partial charge in [-0.05, 0) is 33.1 Å². The van der Waals surface area contributed by atoms with Gasteiger partial charge in [-0.25, -0.2) is 9.78 Å². The van der Waals surface area contributed by atoms with Crippen LogP contribution in [0.2, 0.25) is 0 Å².